The summed E-state index contributed by atoms with van der Waals surface area (Å²) in [5, 5.41) is 3.50. The minimum Gasteiger partial charge on any atom is -0.373 e. The van der Waals surface area contributed by atoms with E-state index in [0.717, 1.165) is 11.4 Å². The molecule has 0 aromatic carbocycles. The van der Waals surface area contributed by atoms with E-state index in [4.69, 9.17) is 17.0 Å². The third-order valence-corrected chi connectivity index (χ3v) is 1.98. The molecule has 0 radical (unpaired) electrons. The zero-order valence-electron chi connectivity index (χ0n) is 6.57. The van der Waals surface area contributed by atoms with Gasteiger partial charge < -0.3 is 10.1 Å². The van der Waals surface area contributed by atoms with Gasteiger partial charge in [-0.25, -0.2) is 4.99 Å². The molecule has 2 rings (SSSR count). The molecular weight excluding hydrogens is 172 g/mol. The van der Waals surface area contributed by atoms with Gasteiger partial charge in [0, 0.05) is 7.11 Å². The van der Waals surface area contributed by atoms with Gasteiger partial charge >= 0.3 is 0 Å². The zero-order chi connectivity index (χ0) is 8.55. The predicted molar refractivity (Wildman–Crippen MR) is 51.2 cm³/mol. The largest absolute Gasteiger partial charge is 0.373 e. The number of thiocarbonyl (C=S) groups is 1. The Labute approximate surface area is 75.8 Å². The third-order valence-electron chi connectivity index (χ3n) is 1.79. The zero-order valence-corrected chi connectivity index (χ0v) is 7.39. The Balaban J connectivity index is 2.29. The van der Waals surface area contributed by atoms with Crippen LogP contribution in [-0.2, 0) is 4.74 Å². The molecule has 0 bridgehead atoms. The molecule has 0 fully saturated rings. The molecule has 1 heterocycles. The number of allylic oxidation sites excluding steroid dienone is 1. The highest BCUT2D eigenvalue weighted by atomic mass is 32.1. The fraction of sp³-hybridized carbons (Fsp3) is 0.250. The van der Waals surface area contributed by atoms with Crippen molar-refractivity contribution in [2.75, 3.05) is 7.11 Å². The van der Waals surface area contributed by atoms with E-state index in [-0.39, 0.29) is 6.10 Å². The first-order valence-electron chi connectivity index (χ1n) is 3.62. The first-order valence-corrected chi connectivity index (χ1v) is 4.03. The quantitative estimate of drug-likeness (QED) is 0.605. The minimum atomic E-state index is 0.0346. The lowest BCUT2D eigenvalue weighted by molar-refractivity contribution is 0.176. The van der Waals surface area contributed by atoms with Crippen molar-refractivity contribution in [3.8, 4) is 0 Å². The lowest BCUT2D eigenvalue weighted by Gasteiger charge is -2.11. The number of rotatable bonds is 1. The second-order valence-corrected chi connectivity index (χ2v) is 2.95. The van der Waals surface area contributed by atoms with Gasteiger partial charge in [-0.15, -0.1) is 0 Å². The maximum absolute atomic E-state index is 5.13. The van der Waals surface area contributed by atoms with E-state index in [1.165, 1.54) is 0 Å². The molecule has 2 aliphatic rings. The van der Waals surface area contributed by atoms with E-state index in [9.17, 15) is 0 Å². The minimum absolute atomic E-state index is 0.0346. The Bertz CT molecular complexity index is 317. The van der Waals surface area contributed by atoms with Gasteiger partial charge in [0.25, 0.3) is 0 Å². The lowest BCUT2D eigenvalue weighted by Crippen LogP contribution is -2.19. The van der Waals surface area contributed by atoms with Crippen LogP contribution in [0.25, 0.3) is 0 Å². The van der Waals surface area contributed by atoms with Gasteiger partial charge in [-0.1, -0.05) is 0 Å². The maximum atomic E-state index is 5.13. The molecule has 62 valence electrons. The average Bonchev–Trinajstić information content (AvgIpc) is 2.43. The fourth-order valence-corrected chi connectivity index (χ4v) is 1.39. The highest BCUT2D eigenvalue weighted by molar-refractivity contribution is 7.80. The summed E-state index contributed by atoms with van der Waals surface area (Å²) in [6.45, 7) is 0. The summed E-state index contributed by atoms with van der Waals surface area (Å²) in [7, 11) is 1.67. The topological polar surface area (TPSA) is 33.6 Å². The average molecular weight is 180 g/mol. The van der Waals surface area contributed by atoms with E-state index >= 15 is 0 Å². The van der Waals surface area contributed by atoms with Crippen molar-refractivity contribution in [3.05, 3.63) is 23.9 Å². The van der Waals surface area contributed by atoms with Crippen LogP contribution in [0.1, 0.15) is 0 Å². The van der Waals surface area contributed by atoms with E-state index in [2.05, 4.69) is 10.3 Å². The van der Waals surface area contributed by atoms with Crippen LogP contribution in [0.3, 0.4) is 0 Å². The Morgan fingerprint density at radius 2 is 2.50 bits per heavy atom. The monoisotopic (exact) mass is 180 g/mol. The molecule has 0 aromatic rings. The highest BCUT2D eigenvalue weighted by Crippen LogP contribution is 2.13. The van der Waals surface area contributed by atoms with Gasteiger partial charge in [0.05, 0.1) is 17.5 Å². The molecule has 0 spiro atoms. The first kappa shape index (κ1) is 7.64. The molecule has 0 aromatic heterocycles. The number of ether oxygens (including phenoxy) is 1. The molecule has 12 heavy (non-hydrogen) atoms. The van der Waals surface area contributed by atoms with Crippen LogP contribution in [0.5, 0.6) is 0 Å². The van der Waals surface area contributed by atoms with Crippen LogP contribution >= 0.6 is 12.2 Å². The number of methoxy groups -OCH3 is 1. The van der Waals surface area contributed by atoms with Crippen LogP contribution < -0.4 is 5.32 Å². The number of nitrogens with one attached hydrogen (secondary N) is 1. The Morgan fingerprint density at radius 3 is 3.25 bits per heavy atom. The molecule has 3 nitrogen and oxygen atoms in total. The Kier molecular flexibility index (Phi) is 1.78. The fourth-order valence-electron chi connectivity index (χ4n) is 1.18. The summed E-state index contributed by atoms with van der Waals surface area (Å²) in [4.78, 5) is 4.11. The second-order valence-electron chi connectivity index (χ2n) is 2.57. The Morgan fingerprint density at radius 1 is 1.67 bits per heavy atom. The van der Waals surface area contributed by atoms with Crippen LogP contribution in [0, 0.1) is 0 Å². The molecule has 1 N–H and O–H groups in total. The van der Waals surface area contributed by atoms with E-state index < -0.39 is 0 Å². The normalized spacial score (nSPS) is 26.1. The standard InChI is InChI=1S/C8H8N2OS/c1-11-5-2-3-6-7(4-5)10-8(12)9-6/h2-5H,1H3,(H,10,12). The van der Waals surface area contributed by atoms with Gasteiger partial charge in [0.1, 0.15) is 0 Å². The van der Waals surface area contributed by atoms with Crippen molar-refractivity contribution in [1.82, 2.24) is 5.32 Å². The first-order chi connectivity index (χ1) is 5.79. The Hall–Kier alpha value is -1.00. The number of fused-ring (bicyclic) bond motifs is 1. The molecule has 1 aliphatic carbocycles. The van der Waals surface area contributed by atoms with Gasteiger partial charge in [0.2, 0.25) is 0 Å². The number of nitrogens with zero attached hydrogens (tertiary/aromatic N) is 1. The molecular formula is C8H8N2OS. The highest BCUT2D eigenvalue weighted by Gasteiger charge is 2.19. The summed E-state index contributed by atoms with van der Waals surface area (Å²) in [5.74, 6) is 0. The smallest absolute Gasteiger partial charge is 0.197 e. The van der Waals surface area contributed by atoms with Crippen molar-refractivity contribution in [3.63, 3.8) is 0 Å². The third kappa shape index (κ3) is 1.19. The number of aliphatic imine (C=N–C) groups is 1. The van der Waals surface area contributed by atoms with Crippen LogP contribution in [0.2, 0.25) is 0 Å². The van der Waals surface area contributed by atoms with Gasteiger partial charge in [-0.2, -0.15) is 0 Å². The van der Waals surface area contributed by atoms with E-state index in [1.807, 2.05) is 18.2 Å². The van der Waals surface area contributed by atoms with Crippen molar-refractivity contribution in [2.45, 2.75) is 6.10 Å². The second kappa shape index (κ2) is 2.80. The summed E-state index contributed by atoms with van der Waals surface area (Å²) in [6, 6.07) is 0. The van der Waals surface area contributed by atoms with Gasteiger partial charge in [-0.3, -0.25) is 0 Å². The van der Waals surface area contributed by atoms with E-state index in [1.54, 1.807) is 7.11 Å². The predicted octanol–water partition coefficient (Wildman–Crippen LogP) is 0.784. The molecule has 1 aliphatic heterocycles. The molecule has 4 heteroatoms. The summed E-state index contributed by atoms with van der Waals surface area (Å²) in [6.07, 6.45) is 5.85. The van der Waals surface area contributed by atoms with E-state index in [0.29, 0.717) is 5.11 Å². The van der Waals surface area contributed by atoms with Crippen LogP contribution in [0.15, 0.2) is 28.9 Å². The molecule has 0 saturated carbocycles. The molecule has 0 saturated heterocycles. The molecule has 1 unspecified atom stereocenters. The van der Waals surface area contributed by atoms with Crippen LogP contribution in [0.4, 0.5) is 0 Å². The van der Waals surface area contributed by atoms with Crippen LogP contribution in [-0.4, -0.2) is 24.0 Å². The SMILES string of the molecule is COC1C=CC2=NC(=S)NC2=C1. The van der Waals surface area contributed by atoms with Crippen molar-refractivity contribution in [1.29, 1.82) is 0 Å². The van der Waals surface area contributed by atoms with Gasteiger partial charge in [-0.05, 0) is 30.4 Å². The maximum Gasteiger partial charge on any atom is 0.197 e. The molecule has 0 amide bonds. The number of hydrogen-bond acceptors (Lipinski definition) is 2. The van der Waals surface area contributed by atoms with Gasteiger partial charge in [0.15, 0.2) is 5.11 Å². The van der Waals surface area contributed by atoms with Crippen molar-refractivity contribution >= 4 is 23.0 Å². The summed E-state index contributed by atoms with van der Waals surface area (Å²) in [5.41, 5.74) is 1.85. The summed E-state index contributed by atoms with van der Waals surface area (Å²) < 4.78 is 5.13. The lowest BCUT2D eigenvalue weighted by atomic mass is 10.1. The summed E-state index contributed by atoms with van der Waals surface area (Å²) >= 11 is 4.89. The van der Waals surface area contributed by atoms with Crippen molar-refractivity contribution < 1.29 is 4.74 Å². The van der Waals surface area contributed by atoms with Crippen molar-refractivity contribution in [2.24, 2.45) is 4.99 Å². The molecule has 1 atom stereocenters. The number of hydrogen-bond donors (Lipinski definition) is 1.